The summed E-state index contributed by atoms with van der Waals surface area (Å²) in [4.78, 5) is 14.4. The molecule has 0 atom stereocenters. The summed E-state index contributed by atoms with van der Waals surface area (Å²) in [6.07, 6.45) is 2.12. The van der Waals surface area contributed by atoms with Gasteiger partial charge in [-0.2, -0.15) is 5.10 Å². The van der Waals surface area contributed by atoms with E-state index >= 15 is 0 Å². The van der Waals surface area contributed by atoms with Crippen LogP contribution in [0.5, 0.6) is 0 Å². The van der Waals surface area contributed by atoms with Crippen LogP contribution in [0.3, 0.4) is 0 Å². The van der Waals surface area contributed by atoms with Crippen molar-refractivity contribution in [3.05, 3.63) is 16.3 Å². The predicted molar refractivity (Wildman–Crippen MR) is 58.1 cm³/mol. The van der Waals surface area contributed by atoms with Crippen molar-refractivity contribution in [1.82, 2.24) is 20.1 Å². The second kappa shape index (κ2) is 4.18. The van der Waals surface area contributed by atoms with Gasteiger partial charge in [-0.1, -0.05) is 0 Å². The summed E-state index contributed by atoms with van der Waals surface area (Å²) in [5.74, 6) is 1.27. The highest BCUT2D eigenvalue weighted by molar-refractivity contribution is 4.96. The van der Waals surface area contributed by atoms with Crippen molar-refractivity contribution in [3.63, 3.8) is 0 Å². The first-order valence-electron chi connectivity index (χ1n) is 5.58. The third-order valence-corrected chi connectivity index (χ3v) is 2.87. The van der Waals surface area contributed by atoms with Gasteiger partial charge in [-0.15, -0.1) is 0 Å². The van der Waals surface area contributed by atoms with E-state index in [0.717, 1.165) is 31.8 Å². The van der Waals surface area contributed by atoms with E-state index in [1.165, 1.54) is 4.68 Å². The summed E-state index contributed by atoms with van der Waals surface area (Å²) in [6, 6.07) is 0.129. The van der Waals surface area contributed by atoms with Gasteiger partial charge < -0.3 is 5.32 Å². The lowest BCUT2D eigenvalue weighted by Gasteiger charge is -2.19. The van der Waals surface area contributed by atoms with E-state index in [9.17, 15) is 4.79 Å². The number of piperidine rings is 1. The van der Waals surface area contributed by atoms with Crippen molar-refractivity contribution in [2.75, 3.05) is 13.1 Å². The Morgan fingerprint density at radius 2 is 2.07 bits per heavy atom. The quantitative estimate of drug-likeness (QED) is 0.752. The summed E-state index contributed by atoms with van der Waals surface area (Å²) in [5.41, 5.74) is -0.0847. The second-order valence-electron chi connectivity index (χ2n) is 4.38. The molecule has 0 aliphatic carbocycles. The lowest BCUT2D eigenvalue weighted by atomic mass is 9.98. The molecule has 0 radical (unpaired) electrons. The van der Waals surface area contributed by atoms with Crippen LogP contribution >= 0.6 is 0 Å². The number of aromatic amines is 1. The molecule has 0 unspecified atom stereocenters. The summed E-state index contributed by atoms with van der Waals surface area (Å²) in [7, 11) is 0. The van der Waals surface area contributed by atoms with Gasteiger partial charge in [-0.05, 0) is 39.8 Å². The maximum atomic E-state index is 11.6. The number of hydrogen-bond donors (Lipinski definition) is 2. The molecule has 2 rings (SSSR count). The van der Waals surface area contributed by atoms with E-state index in [-0.39, 0.29) is 11.7 Å². The second-order valence-corrected chi connectivity index (χ2v) is 4.38. The highest BCUT2D eigenvalue weighted by Crippen LogP contribution is 2.20. The van der Waals surface area contributed by atoms with E-state index in [2.05, 4.69) is 15.4 Å². The molecule has 2 heterocycles. The van der Waals surface area contributed by atoms with Crippen LogP contribution in [-0.2, 0) is 0 Å². The molecule has 5 heteroatoms. The molecule has 1 fully saturated rings. The van der Waals surface area contributed by atoms with Crippen molar-refractivity contribution in [1.29, 1.82) is 0 Å². The van der Waals surface area contributed by atoms with Crippen LogP contribution in [0.25, 0.3) is 0 Å². The third-order valence-electron chi connectivity index (χ3n) is 2.87. The minimum atomic E-state index is -0.0847. The maximum absolute atomic E-state index is 11.6. The lowest BCUT2D eigenvalue weighted by molar-refractivity contribution is 0.436. The van der Waals surface area contributed by atoms with Crippen LogP contribution in [0.4, 0.5) is 0 Å². The van der Waals surface area contributed by atoms with Crippen LogP contribution in [0.15, 0.2) is 4.79 Å². The first-order chi connectivity index (χ1) is 7.18. The average Bonchev–Trinajstić information content (AvgIpc) is 2.62. The predicted octanol–water partition coefficient (Wildman–Crippen LogP) is 0.619. The highest BCUT2D eigenvalue weighted by atomic mass is 16.2. The fourth-order valence-corrected chi connectivity index (χ4v) is 1.98. The zero-order valence-electron chi connectivity index (χ0n) is 9.29. The maximum Gasteiger partial charge on any atom is 0.343 e. The van der Waals surface area contributed by atoms with E-state index < -0.39 is 0 Å². The Balaban J connectivity index is 2.21. The number of nitrogens with zero attached hydrogens (tertiary/aromatic N) is 2. The minimum Gasteiger partial charge on any atom is -0.317 e. The molecule has 0 spiro atoms. The zero-order chi connectivity index (χ0) is 10.8. The zero-order valence-corrected chi connectivity index (χ0v) is 9.29. The monoisotopic (exact) mass is 210 g/mol. The Morgan fingerprint density at radius 1 is 1.40 bits per heavy atom. The molecule has 1 aliphatic heterocycles. The largest absolute Gasteiger partial charge is 0.343 e. The highest BCUT2D eigenvalue weighted by Gasteiger charge is 2.20. The van der Waals surface area contributed by atoms with Crippen LogP contribution < -0.4 is 11.0 Å². The smallest absolute Gasteiger partial charge is 0.317 e. The van der Waals surface area contributed by atoms with Crippen LogP contribution in [0, 0.1) is 0 Å². The van der Waals surface area contributed by atoms with E-state index in [1.54, 1.807) is 0 Å². The first kappa shape index (κ1) is 10.4. The van der Waals surface area contributed by atoms with Gasteiger partial charge >= 0.3 is 5.69 Å². The van der Waals surface area contributed by atoms with Gasteiger partial charge in [-0.3, -0.25) is 4.98 Å². The number of rotatable bonds is 2. The Hall–Kier alpha value is -1.10. The van der Waals surface area contributed by atoms with Crippen molar-refractivity contribution in [2.24, 2.45) is 0 Å². The molecule has 0 aromatic carbocycles. The number of nitrogens with one attached hydrogen (secondary N) is 2. The standard InChI is InChI=1S/C10H18N4O/c1-7(2)14-10(15)12-9(13-14)8-3-5-11-6-4-8/h7-8,11H,3-6H2,1-2H3,(H,12,13,15). The Labute approximate surface area is 88.9 Å². The molecular formula is C10H18N4O. The van der Waals surface area contributed by atoms with E-state index in [0.29, 0.717) is 5.92 Å². The topological polar surface area (TPSA) is 62.7 Å². The lowest BCUT2D eigenvalue weighted by Crippen LogP contribution is -2.27. The molecule has 2 N–H and O–H groups in total. The number of hydrogen-bond acceptors (Lipinski definition) is 3. The van der Waals surface area contributed by atoms with Crippen molar-refractivity contribution >= 4 is 0 Å². The summed E-state index contributed by atoms with van der Waals surface area (Å²) in [6.45, 7) is 5.96. The third kappa shape index (κ3) is 2.12. The summed E-state index contributed by atoms with van der Waals surface area (Å²) in [5, 5.41) is 7.66. The molecule has 5 nitrogen and oxygen atoms in total. The van der Waals surface area contributed by atoms with Crippen LogP contribution in [0.1, 0.15) is 44.5 Å². The Bertz CT molecular complexity index is 373. The number of H-pyrrole nitrogens is 1. The molecule has 15 heavy (non-hydrogen) atoms. The van der Waals surface area contributed by atoms with E-state index in [4.69, 9.17) is 0 Å². The van der Waals surface area contributed by atoms with Crippen molar-refractivity contribution in [2.45, 2.75) is 38.6 Å². The molecule has 0 amide bonds. The van der Waals surface area contributed by atoms with Gasteiger partial charge in [0.2, 0.25) is 0 Å². The van der Waals surface area contributed by atoms with Crippen LogP contribution in [-0.4, -0.2) is 27.9 Å². The van der Waals surface area contributed by atoms with Crippen molar-refractivity contribution < 1.29 is 0 Å². The van der Waals surface area contributed by atoms with Gasteiger partial charge in [0.15, 0.2) is 0 Å². The molecule has 84 valence electrons. The fraction of sp³-hybridized carbons (Fsp3) is 0.800. The first-order valence-corrected chi connectivity index (χ1v) is 5.58. The molecule has 0 saturated carbocycles. The molecule has 1 saturated heterocycles. The SMILES string of the molecule is CC(C)n1nc(C2CCNCC2)[nH]c1=O. The van der Waals surface area contributed by atoms with Gasteiger partial charge in [-0.25, -0.2) is 9.48 Å². The number of aromatic nitrogens is 3. The molecule has 0 bridgehead atoms. The normalized spacial score (nSPS) is 18.6. The average molecular weight is 210 g/mol. The van der Waals surface area contributed by atoms with Crippen LogP contribution in [0.2, 0.25) is 0 Å². The molecular weight excluding hydrogens is 192 g/mol. The Kier molecular flexibility index (Phi) is 2.90. The molecule has 1 aromatic heterocycles. The van der Waals surface area contributed by atoms with Gasteiger partial charge in [0.25, 0.3) is 0 Å². The molecule has 1 aromatic rings. The summed E-state index contributed by atoms with van der Waals surface area (Å²) >= 11 is 0. The van der Waals surface area contributed by atoms with E-state index in [1.807, 2.05) is 13.8 Å². The van der Waals surface area contributed by atoms with Gasteiger partial charge in [0.05, 0.1) is 6.04 Å². The van der Waals surface area contributed by atoms with Crippen molar-refractivity contribution in [3.8, 4) is 0 Å². The minimum absolute atomic E-state index is 0.0847. The van der Waals surface area contributed by atoms with Gasteiger partial charge in [0.1, 0.15) is 5.82 Å². The fourth-order valence-electron chi connectivity index (χ4n) is 1.98. The Morgan fingerprint density at radius 3 is 2.60 bits per heavy atom. The van der Waals surface area contributed by atoms with Gasteiger partial charge in [0, 0.05) is 5.92 Å². The summed E-state index contributed by atoms with van der Waals surface area (Å²) < 4.78 is 1.53. The molecule has 1 aliphatic rings.